The van der Waals surface area contributed by atoms with Crippen LogP contribution in [-0.4, -0.2) is 64.1 Å². The molecule has 0 aliphatic carbocycles. The van der Waals surface area contributed by atoms with Crippen LogP contribution < -0.4 is 21.3 Å². The Morgan fingerprint density at radius 3 is 2.54 bits per heavy atom. The Kier molecular flexibility index (Phi) is 8.10. The quantitative estimate of drug-likeness (QED) is 0.392. The average molecular weight is 483 g/mol. The normalized spacial score (nSPS) is 16.7. The standard InChI is InChI=1S/C24H30N6O5/c1-24(2,3)30-23(35)20(32)17(11-14-7-6-10-25-21(14)33)29-19(31)13-27-22(34)18-12-26-15-8-4-5-9-16(15)28-18/h4-5,8-9,12,14,17H,6-7,10-11,13H2,1-3H3,(H,25,33)(H,27,34)(H,29,31)(H,30,35). The van der Waals surface area contributed by atoms with E-state index in [9.17, 15) is 24.0 Å². The zero-order valence-electron chi connectivity index (χ0n) is 20.0. The summed E-state index contributed by atoms with van der Waals surface area (Å²) in [6.07, 6.45) is 2.57. The lowest BCUT2D eigenvalue weighted by Gasteiger charge is -2.27. The number of nitrogens with zero attached hydrogens (tertiary/aromatic N) is 2. The number of hydrogen-bond donors (Lipinski definition) is 4. The minimum absolute atomic E-state index is 0.0158. The van der Waals surface area contributed by atoms with Crippen LogP contribution in [0.15, 0.2) is 30.5 Å². The summed E-state index contributed by atoms with van der Waals surface area (Å²) in [5.74, 6) is -3.72. The van der Waals surface area contributed by atoms with E-state index in [1.54, 1.807) is 45.0 Å². The van der Waals surface area contributed by atoms with Crippen molar-refractivity contribution in [2.45, 2.75) is 51.6 Å². The SMILES string of the molecule is CC(C)(C)NC(=O)C(=O)C(CC1CCCNC1=O)NC(=O)CNC(=O)c1cnc2ccccc2n1. The maximum absolute atomic E-state index is 12.9. The van der Waals surface area contributed by atoms with E-state index >= 15 is 0 Å². The summed E-state index contributed by atoms with van der Waals surface area (Å²) in [5, 5.41) is 10.3. The molecule has 1 aliphatic heterocycles. The van der Waals surface area contributed by atoms with Gasteiger partial charge in [0.1, 0.15) is 5.69 Å². The number of rotatable bonds is 8. The lowest BCUT2D eigenvalue weighted by Crippen LogP contribution is -2.54. The van der Waals surface area contributed by atoms with Crippen molar-refractivity contribution in [3.63, 3.8) is 0 Å². The summed E-state index contributed by atoms with van der Waals surface area (Å²) in [6, 6.07) is 5.84. The van der Waals surface area contributed by atoms with E-state index in [1.807, 2.05) is 0 Å². The summed E-state index contributed by atoms with van der Waals surface area (Å²) in [7, 11) is 0. The molecule has 1 fully saturated rings. The van der Waals surface area contributed by atoms with Gasteiger partial charge in [-0.3, -0.25) is 29.0 Å². The van der Waals surface area contributed by atoms with E-state index in [0.29, 0.717) is 24.0 Å². The van der Waals surface area contributed by atoms with Crippen molar-refractivity contribution in [1.29, 1.82) is 0 Å². The van der Waals surface area contributed by atoms with Crippen LogP contribution in [-0.2, 0) is 19.2 Å². The van der Waals surface area contributed by atoms with Gasteiger partial charge >= 0.3 is 0 Å². The first-order chi connectivity index (χ1) is 16.5. The third-order valence-corrected chi connectivity index (χ3v) is 5.37. The van der Waals surface area contributed by atoms with E-state index in [2.05, 4.69) is 31.2 Å². The second kappa shape index (κ2) is 11.0. The first-order valence-electron chi connectivity index (χ1n) is 11.5. The van der Waals surface area contributed by atoms with Crippen LogP contribution in [0.3, 0.4) is 0 Å². The smallest absolute Gasteiger partial charge is 0.290 e. The summed E-state index contributed by atoms with van der Waals surface area (Å²) in [5.41, 5.74) is 0.542. The molecule has 2 aromatic rings. The molecule has 0 bridgehead atoms. The van der Waals surface area contributed by atoms with Gasteiger partial charge in [-0.2, -0.15) is 0 Å². The third-order valence-electron chi connectivity index (χ3n) is 5.37. The summed E-state index contributed by atoms with van der Waals surface area (Å²) < 4.78 is 0. The highest BCUT2D eigenvalue weighted by Gasteiger charge is 2.34. The van der Waals surface area contributed by atoms with Gasteiger partial charge in [-0.25, -0.2) is 4.98 Å². The molecule has 1 aromatic heterocycles. The zero-order chi connectivity index (χ0) is 25.6. The number of carbonyl (C=O) groups excluding carboxylic acids is 5. The van der Waals surface area contributed by atoms with Crippen molar-refractivity contribution in [1.82, 2.24) is 31.2 Å². The van der Waals surface area contributed by atoms with E-state index in [0.717, 1.165) is 6.42 Å². The second-order valence-electron chi connectivity index (χ2n) is 9.48. The Morgan fingerprint density at radius 2 is 1.86 bits per heavy atom. The van der Waals surface area contributed by atoms with Gasteiger partial charge in [0.15, 0.2) is 0 Å². The predicted molar refractivity (Wildman–Crippen MR) is 127 cm³/mol. The molecule has 0 radical (unpaired) electrons. The van der Waals surface area contributed by atoms with Crippen LogP contribution in [0, 0.1) is 5.92 Å². The maximum atomic E-state index is 12.9. The number of benzene rings is 1. The Labute approximate surface area is 202 Å². The molecule has 0 saturated carbocycles. The molecule has 3 rings (SSSR count). The molecule has 11 nitrogen and oxygen atoms in total. The Balaban J connectivity index is 1.65. The number of Topliss-reactive ketones (excluding diaryl/α,β-unsaturated/α-hetero) is 1. The van der Waals surface area contributed by atoms with Crippen LogP contribution in [0.1, 0.15) is 50.5 Å². The van der Waals surface area contributed by atoms with Gasteiger partial charge in [0.05, 0.1) is 29.8 Å². The Morgan fingerprint density at radius 1 is 1.14 bits per heavy atom. The van der Waals surface area contributed by atoms with Gasteiger partial charge in [0.2, 0.25) is 17.6 Å². The number of fused-ring (bicyclic) bond motifs is 1. The highest BCUT2D eigenvalue weighted by Crippen LogP contribution is 2.18. The van der Waals surface area contributed by atoms with Crippen LogP contribution in [0.4, 0.5) is 0 Å². The monoisotopic (exact) mass is 482 g/mol. The first kappa shape index (κ1) is 25.7. The van der Waals surface area contributed by atoms with Crippen LogP contribution >= 0.6 is 0 Å². The molecule has 1 aromatic carbocycles. The molecule has 4 N–H and O–H groups in total. The molecule has 0 spiro atoms. The fraction of sp³-hybridized carbons (Fsp3) is 0.458. The van der Waals surface area contributed by atoms with Crippen molar-refractivity contribution in [2.75, 3.05) is 13.1 Å². The highest BCUT2D eigenvalue weighted by molar-refractivity contribution is 6.38. The number of para-hydroxylation sites is 2. The van der Waals surface area contributed by atoms with Crippen molar-refractivity contribution in [2.24, 2.45) is 5.92 Å². The molecule has 4 amide bonds. The highest BCUT2D eigenvalue weighted by atomic mass is 16.2. The molecule has 2 heterocycles. The minimum Gasteiger partial charge on any atom is -0.356 e. The number of ketones is 1. The molecule has 11 heteroatoms. The lowest BCUT2D eigenvalue weighted by atomic mass is 9.89. The third kappa shape index (κ3) is 7.29. The predicted octanol–water partition coefficient (Wildman–Crippen LogP) is 0.245. The van der Waals surface area contributed by atoms with Crippen molar-refractivity contribution in [3.8, 4) is 0 Å². The number of hydrogen-bond acceptors (Lipinski definition) is 7. The molecule has 1 saturated heterocycles. The zero-order valence-corrected chi connectivity index (χ0v) is 20.0. The fourth-order valence-corrected chi connectivity index (χ4v) is 3.70. The van der Waals surface area contributed by atoms with Gasteiger partial charge in [-0.15, -0.1) is 0 Å². The largest absolute Gasteiger partial charge is 0.356 e. The van der Waals surface area contributed by atoms with E-state index in [-0.39, 0.29) is 18.0 Å². The van der Waals surface area contributed by atoms with Crippen LogP contribution in [0.2, 0.25) is 0 Å². The molecule has 35 heavy (non-hydrogen) atoms. The van der Waals surface area contributed by atoms with Crippen molar-refractivity contribution < 1.29 is 24.0 Å². The minimum atomic E-state index is -1.21. The van der Waals surface area contributed by atoms with Crippen molar-refractivity contribution >= 4 is 40.4 Å². The maximum Gasteiger partial charge on any atom is 0.290 e. The molecule has 186 valence electrons. The van der Waals surface area contributed by atoms with E-state index in [4.69, 9.17) is 0 Å². The number of carbonyl (C=O) groups is 5. The van der Waals surface area contributed by atoms with Gasteiger partial charge < -0.3 is 21.3 Å². The summed E-state index contributed by atoms with van der Waals surface area (Å²) in [4.78, 5) is 71.0. The lowest BCUT2D eigenvalue weighted by molar-refractivity contribution is -0.141. The van der Waals surface area contributed by atoms with Crippen LogP contribution in [0.5, 0.6) is 0 Å². The number of amides is 4. The van der Waals surface area contributed by atoms with Crippen LogP contribution in [0.25, 0.3) is 11.0 Å². The molecule has 2 unspecified atom stereocenters. The van der Waals surface area contributed by atoms with Gasteiger partial charge in [-0.05, 0) is 52.2 Å². The molecule has 1 aliphatic rings. The average Bonchev–Trinajstić information content (AvgIpc) is 2.81. The van der Waals surface area contributed by atoms with Gasteiger partial charge in [-0.1, -0.05) is 12.1 Å². The number of nitrogens with one attached hydrogen (secondary N) is 4. The number of aromatic nitrogens is 2. The molecular formula is C24H30N6O5. The summed E-state index contributed by atoms with van der Waals surface area (Å²) >= 11 is 0. The first-order valence-corrected chi connectivity index (χ1v) is 11.5. The Bertz CT molecular complexity index is 1140. The summed E-state index contributed by atoms with van der Waals surface area (Å²) in [6.45, 7) is 5.28. The Hall–Kier alpha value is -3.89. The van der Waals surface area contributed by atoms with Gasteiger partial charge in [0.25, 0.3) is 11.8 Å². The number of piperidine rings is 1. The van der Waals surface area contributed by atoms with E-state index < -0.39 is 47.5 Å². The van der Waals surface area contributed by atoms with E-state index in [1.165, 1.54) is 6.20 Å². The molecular weight excluding hydrogens is 452 g/mol. The molecule has 2 atom stereocenters. The van der Waals surface area contributed by atoms with Gasteiger partial charge in [0, 0.05) is 18.0 Å². The second-order valence-corrected chi connectivity index (χ2v) is 9.48. The topological polar surface area (TPSA) is 159 Å². The van der Waals surface area contributed by atoms with Crippen molar-refractivity contribution in [3.05, 3.63) is 36.2 Å². The fourth-order valence-electron chi connectivity index (χ4n) is 3.70.